The summed E-state index contributed by atoms with van der Waals surface area (Å²) in [6.07, 6.45) is 1.20. The topological polar surface area (TPSA) is 66.2 Å². The standard InChI is InChI=1S/C12H13N3O2/c1-9(16)11-3-2-4-14-12(11)15-5-6-17-10(7-13)8-15/h2-4,10H,5-6,8H2,1H3. The number of rotatable bonds is 2. The number of ether oxygens (including phenoxy) is 1. The highest BCUT2D eigenvalue weighted by molar-refractivity contribution is 5.98. The number of hydrogen-bond donors (Lipinski definition) is 0. The largest absolute Gasteiger partial charge is 0.360 e. The molecule has 0 aliphatic carbocycles. The second-order valence-electron chi connectivity index (χ2n) is 3.87. The van der Waals surface area contributed by atoms with Crippen molar-refractivity contribution in [1.82, 2.24) is 4.98 Å². The van der Waals surface area contributed by atoms with Crippen molar-refractivity contribution in [3.05, 3.63) is 23.9 Å². The zero-order valence-electron chi connectivity index (χ0n) is 9.59. The summed E-state index contributed by atoms with van der Waals surface area (Å²) in [6.45, 7) is 3.10. The molecule has 1 aliphatic rings. The van der Waals surface area contributed by atoms with Gasteiger partial charge >= 0.3 is 0 Å². The maximum Gasteiger partial charge on any atom is 0.163 e. The summed E-state index contributed by atoms with van der Waals surface area (Å²) in [5, 5.41) is 8.85. The van der Waals surface area contributed by atoms with Crippen molar-refractivity contribution >= 4 is 11.6 Å². The first-order chi connectivity index (χ1) is 8.22. The van der Waals surface area contributed by atoms with Crippen molar-refractivity contribution in [2.24, 2.45) is 0 Å². The summed E-state index contributed by atoms with van der Waals surface area (Å²) >= 11 is 0. The maximum atomic E-state index is 11.5. The van der Waals surface area contributed by atoms with Crippen LogP contribution in [0.4, 0.5) is 5.82 Å². The molecule has 0 aromatic carbocycles. The number of aromatic nitrogens is 1. The molecule has 1 aromatic rings. The van der Waals surface area contributed by atoms with Crippen LogP contribution in [0.1, 0.15) is 17.3 Å². The number of pyridine rings is 1. The number of ketones is 1. The molecule has 1 unspecified atom stereocenters. The van der Waals surface area contributed by atoms with E-state index >= 15 is 0 Å². The van der Waals surface area contributed by atoms with E-state index in [2.05, 4.69) is 11.1 Å². The molecule has 0 amide bonds. The minimum absolute atomic E-state index is 0.0203. The molecular weight excluding hydrogens is 218 g/mol. The summed E-state index contributed by atoms with van der Waals surface area (Å²) in [5.41, 5.74) is 0.589. The lowest BCUT2D eigenvalue weighted by Crippen LogP contribution is -2.42. The number of nitrogens with zero attached hydrogens (tertiary/aromatic N) is 3. The van der Waals surface area contributed by atoms with Gasteiger partial charge in [0.05, 0.1) is 24.8 Å². The molecule has 0 radical (unpaired) electrons. The van der Waals surface area contributed by atoms with Crippen LogP contribution >= 0.6 is 0 Å². The van der Waals surface area contributed by atoms with Gasteiger partial charge in [0.1, 0.15) is 5.82 Å². The summed E-state index contributed by atoms with van der Waals surface area (Å²) in [4.78, 5) is 17.7. The van der Waals surface area contributed by atoms with Crippen molar-refractivity contribution in [3.8, 4) is 6.07 Å². The Bertz CT molecular complexity index is 467. The number of nitriles is 1. The molecule has 0 spiro atoms. The molecule has 0 saturated carbocycles. The second-order valence-corrected chi connectivity index (χ2v) is 3.87. The second kappa shape index (κ2) is 4.93. The SMILES string of the molecule is CC(=O)c1cccnc1N1CCOC(C#N)C1. The van der Waals surface area contributed by atoms with Crippen LogP contribution in [0.3, 0.4) is 0 Å². The number of carbonyl (C=O) groups is 1. The lowest BCUT2D eigenvalue weighted by Gasteiger charge is -2.31. The predicted octanol–water partition coefficient (Wildman–Crippen LogP) is 1.01. The zero-order chi connectivity index (χ0) is 12.3. The van der Waals surface area contributed by atoms with E-state index in [0.717, 1.165) is 0 Å². The van der Waals surface area contributed by atoms with Gasteiger partial charge in [-0.05, 0) is 19.1 Å². The number of hydrogen-bond acceptors (Lipinski definition) is 5. The fraction of sp³-hybridized carbons (Fsp3) is 0.417. The van der Waals surface area contributed by atoms with Gasteiger partial charge in [0.15, 0.2) is 11.9 Å². The Hall–Kier alpha value is -1.93. The molecule has 1 aromatic heterocycles. The fourth-order valence-corrected chi connectivity index (χ4v) is 1.84. The van der Waals surface area contributed by atoms with Crippen molar-refractivity contribution in [3.63, 3.8) is 0 Å². The van der Waals surface area contributed by atoms with Crippen LogP contribution in [-0.2, 0) is 4.74 Å². The highest BCUT2D eigenvalue weighted by atomic mass is 16.5. The Balaban J connectivity index is 2.28. The number of morpholine rings is 1. The van der Waals surface area contributed by atoms with Crippen molar-refractivity contribution in [2.75, 3.05) is 24.6 Å². The third-order valence-corrected chi connectivity index (χ3v) is 2.68. The number of anilines is 1. The van der Waals surface area contributed by atoms with E-state index in [-0.39, 0.29) is 5.78 Å². The van der Waals surface area contributed by atoms with Gasteiger partial charge in [0.25, 0.3) is 0 Å². The van der Waals surface area contributed by atoms with Crippen LogP contribution in [0.15, 0.2) is 18.3 Å². The van der Waals surface area contributed by atoms with Crippen LogP contribution in [0.25, 0.3) is 0 Å². The highest BCUT2D eigenvalue weighted by Crippen LogP contribution is 2.20. The lowest BCUT2D eigenvalue weighted by atomic mass is 10.1. The molecule has 1 atom stereocenters. The Morgan fingerprint density at radius 1 is 1.71 bits per heavy atom. The van der Waals surface area contributed by atoms with Crippen LogP contribution in [0, 0.1) is 11.3 Å². The summed E-state index contributed by atoms with van der Waals surface area (Å²) in [7, 11) is 0. The lowest BCUT2D eigenvalue weighted by molar-refractivity contribution is 0.0759. The van der Waals surface area contributed by atoms with E-state index < -0.39 is 6.10 Å². The van der Waals surface area contributed by atoms with Crippen molar-refractivity contribution in [1.29, 1.82) is 5.26 Å². The van der Waals surface area contributed by atoms with Gasteiger partial charge in [-0.1, -0.05) is 0 Å². The predicted molar refractivity (Wildman–Crippen MR) is 61.8 cm³/mol. The van der Waals surface area contributed by atoms with Crippen molar-refractivity contribution in [2.45, 2.75) is 13.0 Å². The van der Waals surface area contributed by atoms with Crippen molar-refractivity contribution < 1.29 is 9.53 Å². The minimum Gasteiger partial charge on any atom is -0.360 e. The van der Waals surface area contributed by atoms with Gasteiger partial charge in [-0.3, -0.25) is 4.79 Å². The Morgan fingerprint density at radius 3 is 3.24 bits per heavy atom. The molecule has 2 heterocycles. The summed E-state index contributed by atoms with van der Waals surface area (Å²) in [5.74, 6) is 0.622. The maximum absolute atomic E-state index is 11.5. The smallest absolute Gasteiger partial charge is 0.163 e. The first kappa shape index (κ1) is 11.6. The van der Waals surface area contributed by atoms with Gasteiger partial charge in [0, 0.05) is 12.7 Å². The average molecular weight is 231 g/mol. The molecule has 5 heteroatoms. The third-order valence-electron chi connectivity index (χ3n) is 2.68. The highest BCUT2D eigenvalue weighted by Gasteiger charge is 2.23. The molecule has 1 aliphatic heterocycles. The molecule has 1 saturated heterocycles. The fourth-order valence-electron chi connectivity index (χ4n) is 1.84. The molecule has 1 fully saturated rings. The Morgan fingerprint density at radius 2 is 2.53 bits per heavy atom. The van der Waals surface area contributed by atoms with E-state index in [0.29, 0.717) is 31.1 Å². The molecule has 0 N–H and O–H groups in total. The number of carbonyl (C=O) groups excluding carboxylic acids is 1. The van der Waals surface area contributed by atoms with Gasteiger partial charge in [-0.15, -0.1) is 0 Å². The Kier molecular flexibility index (Phi) is 3.35. The Labute approximate surface area is 99.6 Å². The van der Waals surface area contributed by atoms with Gasteiger partial charge in [-0.2, -0.15) is 5.26 Å². The zero-order valence-corrected chi connectivity index (χ0v) is 9.59. The normalized spacial score (nSPS) is 19.8. The molecular formula is C12H13N3O2. The summed E-state index contributed by atoms with van der Waals surface area (Å²) < 4.78 is 5.26. The first-order valence-corrected chi connectivity index (χ1v) is 5.44. The van der Waals surface area contributed by atoms with Gasteiger partial charge in [0.2, 0.25) is 0 Å². The third kappa shape index (κ3) is 2.43. The molecule has 5 nitrogen and oxygen atoms in total. The summed E-state index contributed by atoms with van der Waals surface area (Å²) in [6, 6.07) is 5.57. The monoisotopic (exact) mass is 231 g/mol. The van der Waals surface area contributed by atoms with Crippen LogP contribution in [-0.4, -0.2) is 36.6 Å². The quantitative estimate of drug-likeness (QED) is 0.711. The molecule has 17 heavy (non-hydrogen) atoms. The number of Topliss-reactive ketones (excluding diaryl/α,β-unsaturated/α-hetero) is 1. The molecule has 2 rings (SSSR count). The van der Waals surface area contributed by atoms with Crippen LogP contribution in [0.5, 0.6) is 0 Å². The minimum atomic E-state index is -0.453. The average Bonchev–Trinajstić information content (AvgIpc) is 2.39. The van der Waals surface area contributed by atoms with E-state index in [1.165, 1.54) is 6.92 Å². The van der Waals surface area contributed by atoms with E-state index in [9.17, 15) is 4.79 Å². The van der Waals surface area contributed by atoms with Gasteiger partial charge in [-0.25, -0.2) is 4.98 Å². The van der Waals surface area contributed by atoms with Crippen LogP contribution < -0.4 is 4.90 Å². The van der Waals surface area contributed by atoms with Crippen LogP contribution in [0.2, 0.25) is 0 Å². The van der Waals surface area contributed by atoms with E-state index in [4.69, 9.17) is 10.00 Å². The van der Waals surface area contributed by atoms with E-state index in [1.807, 2.05) is 4.90 Å². The molecule has 88 valence electrons. The molecule has 0 bridgehead atoms. The first-order valence-electron chi connectivity index (χ1n) is 5.44. The van der Waals surface area contributed by atoms with Gasteiger partial charge < -0.3 is 9.64 Å². The van der Waals surface area contributed by atoms with E-state index in [1.54, 1.807) is 18.3 Å².